The van der Waals surface area contributed by atoms with E-state index in [9.17, 15) is 18.0 Å². The minimum Gasteiger partial charge on any atom is -0.481 e. The number of sulfone groups is 1. The number of carboxylic acids is 1. The summed E-state index contributed by atoms with van der Waals surface area (Å²) in [5.74, 6) is -2.59. The molecular formula is C11H16N2O5S. The van der Waals surface area contributed by atoms with Gasteiger partial charge in [-0.05, 0) is 18.3 Å². The molecule has 0 spiro atoms. The fourth-order valence-corrected chi connectivity index (χ4v) is 3.82. The van der Waals surface area contributed by atoms with Gasteiger partial charge < -0.3 is 10.4 Å². The van der Waals surface area contributed by atoms with Crippen molar-refractivity contribution in [3.63, 3.8) is 0 Å². The molecule has 0 aromatic rings. The van der Waals surface area contributed by atoms with Gasteiger partial charge in [-0.15, -0.1) is 0 Å². The maximum Gasteiger partial charge on any atom is 0.303 e. The molecule has 0 heterocycles. The van der Waals surface area contributed by atoms with Gasteiger partial charge >= 0.3 is 5.97 Å². The van der Waals surface area contributed by atoms with Crippen LogP contribution < -0.4 is 5.32 Å². The molecule has 0 unspecified atom stereocenters. The number of rotatable bonds is 8. The molecule has 0 aliphatic heterocycles. The zero-order chi connectivity index (χ0) is 14.5. The summed E-state index contributed by atoms with van der Waals surface area (Å²) in [7, 11) is -3.62. The van der Waals surface area contributed by atoms with E-state index in [4.69, 9.17) is 10.4 Å². The van der Waals surface area contributed by atoms with Crippen LogP contribution in [0.4, 0.5) is 0 Å². The van der Waals surface area contributed by atoms with Crippen LogP contribution in [0.15, 0.2) is 0 Å². The zero-order valence-corrected chi connectivity index (χ0v) is 11.2. The molecule has 8 heteroatoms. The number of hydrogen-bond donors (Lipinski definition) is 2. The maximum atomic E-state index is 11.8. The number of nitriles is 1. The molecule has 1 aliphatic rings. The first-order chi connectivity index (χ1) is 8.79. The summed E-state index contributed by atoms with van der Waals surface area (Å²) in [4.78, 5) is 22.0. The van der Waals surface area contributed by atoms with Crippen molar-refractivity contribution >= 4 is 21.7 Å². The lowest BCUT2D eigenvalue weighted by molar-refractivity contribution is -0.138. The fraction of sp³-hybridized carbons (Fsp3) is 0.727. The van der Waals surface area contributed by atoms with Crippen molar-refractivity contribution in [2.45, 2.75) is 25.7 Å². The van der Waals surface area contributed by atoms with Gasteiger partial charge in [-0.25, -0.2) is 8.42 Å². The molecule has 7 nitrogen and oxygen atoms in total. The lowest BCUT2D eigenvalue weighted by Crippen LogP contribution is -2.33. The molecule has 1 rings (SSSR count). The molecule has 106 valence electrons. The normalized spacial score (nSPS) is 16.4. The third kappa shape index (κ3) is 5.70. The first-order valence-electron chi connectivity index (χ1n) is 5.84. The van der Waals surface area contributed by atoms with E-state index in [1.54, 1.807) is 0 Å². The predicted molar refractivity (Wildman–Crippen MR) is 65.8 cm³/mol. The van der Waals surface area contributed by atoms with Crippen molar-refractivity contribution < 1.29 is 23.1 Å². The number of carbonyl (C=O) groups excluding carboxylic acids is 1. The molecule has 0 atom stereocenters. The molecule has 1 fully saturated rings. The van der Waals surface area contributed by atoms with E-state index in [-0.39, 0.29) is 25.1 Å². The van der Waals surface area contributed by atoms with E-state index >= 15 is 0 Å². The Labute approximate surface area is 111 Å². The second-order valence-corrected chi connectivity index (χ2v) is 6.93. The molecule has 19 heavy (non-hydrogen) atoms. The summed E-state index contributed by atoms with van der Waals surface area (Å²) in [5.41, 5.74) is -0.683. The summed E-state index contributed by atoms with van der Waals surface area (Å²) in [6.07, 6.45) is 1.07. The largest absolute Gasteiger partial charge is 0.481 e. The van der Waals surface area contributed by atoms with Gasteiger partial charge in [0.25, 0.3) is 0 Å². The van der Waals surface area contributed by atoms with Gasteiger partial charge in [0, 0.05) is 6.54 Å². The van der Waals surface area contributed by atoms with Crippen LogP contribution in [0, 0.1) is 16.7 Å². The second kappa shape index (κ2) is 6.02. The molecule has 0 radical (unpaired) electrons. The standard InChI is InChI=1S/C11H16N2O5S/c12-4-1-5-13-9(14)7-19(17,18)8-11(2-3-11)6-10(15)16/h1-3,5-8H2,(H,13,14)(H,15,16). The first-order valence-corrected chi connectivity index (χ1v) is 7.67. The zero-order valence-electron chi connectivity index (χ0n) is 10.4. The van der Waals surface area contributed by atoms with Crippen molar-refractivity contribution in [3.8, 4) is 6.07 Å². The van der Waals surface area contributed by atoms with E-state index in [2.05, 4.69) is 5.32 Å². The Morgan fingerprint density at radius 1 is 1.37 bits per heavy atom. The first kappa shape index (κ1) is 15.4. The van der Waals surface area contributed by atoms with Crippen molar-refractivity contribution in [2.75, 3.05) is 18.1 Å². The molecular weight excluding hydrogens is 272 g/mol. The highest BCUT2D eigenvalue weighted by molar-refractivity contribution is 7.92. The van der Waals surface area contributed by atoms with Crippen molar-refractivity contribution in [3.05, 3.63) is 0 Å². The molecule has 1 saturated carbocycles. The Morgan fingerprint density at radius 3 is 2.47 bits per heavy atom. The SMILES string of the molecule is N#CCCNC(=O)CS(=O)(=O)CC1(CC(=O)O)CC1. The van der Waals surface area contributed by atoms with E-state index in [1.807, 2.05) is 6.07 Å². The lowest BCUT2D eigenvalue weighted by Gasteiger charge is -2.12. The van der Waals surface area contributed by atoms with E-state index in [0.29, 0.717) is 12.8 Å². The van der Waals surface area contributed by atoms with Crippen molar-refractivity contribution in [1.29, 1.82) is 5.26 Å². The van der Waals surface area contributed by atoms with E-state index in [1.165, 1.54) is 0 Å². The Kier molecular flexibility index (Phi) is 4.89. The second-order valence-electron chi connectivity index (χ2n) is 4.86. The van der Waals surface area contributed by atoms with Gasteiger partial charge in [-0.1, -0.05) is 0 Å². The minimum absolute atomic E-state index is 0.116. The molecule has 1 aliphatic carbocycles. The number of hydrogen-bond acceptors (Lipinski definition) is 5. The number of aliphatic carboxylic acids is 1. The summed E-state index contributed by atoms with van der Waals surface area (Å²) in [6.45, 7) is 0.116. The van der Waals surface area contributed by atoms with Gasteiger partial charge in [-0.2, -0.15) is 5.26 Å². The number of carboxylic acid groups (broad SMARTS) is 1. The van der Waals surface area contributed by atoms with Crippen molar-refractivity contribution in [2.24, 2.45) is 5.41 Å². The topological polar surface area (TPSA) is 124 Å². The number of carbonyl (C=O) groups is 2. The molecule has 0 aromatic heterocycles. The number of nitrogens with zero attached hydrogens (tertiary/aromatic N) is 1. The van der Waals surface area contributed by atoms with Crippen LogP contribution >= 0.6 is 0 Å². The highest BCUT2D eigenvalue weighted by Crippen LogP contribution is 2.49. The smallest absolute Gasteiger partial charge is 0.303 e. The van der Waals surface area contributed by atoms with E-state index < -0.39 is 32.9 Å². The molecule has 2 N–H and O–H groups in total. The third-order valence-corrected chi connectivity index (χ3v) is 4.67. The van der Waals surface area contributed by atoms with Gasteiger partial charge in [0.05, 0.1) is 24.7 Å². The Balaban J connectivity index is 2.46. The summed E-state index contributed by atoms with van der Waals surface area (Å²) < 4.78 is 23.6. The summed E-state index contributed by atoms with van der Waals surface area (Å²) in [6, 6.07) is 1.83. The van der Waals surface area contributed by atoms with E-state index in [0.717, 1.165) is 0 Å². The van der Waals surface area contributed by atoms with Crippen LogP contribution in [0.2, 0.25) is 0 Å². The van der Waals surface area contributed by atoms with Gasteiger partial charge in [0.2, 0.25) is 5.91 Å². The average Bonchev–Trinajstić information content (AvgIpc) is 2.94. The highest BCUT2D eigenvalue weighted by Gasteiger charge is 2.47. The molecule has 0 aromatic carbocycles. The predicted octanol–water partition coefficient (Wildman–Crippen LogP) is -0.314. The number of amides is 1. The highest BCUT2D eigenvalue weighted by atomic mass is 32.2. The van der Waals surface area contributed by atoms with Gasteiger partial charge in [0.15, 0.2) is 9.84 Å². The van der Waals surface area contributed by atoms with Crippen LogP contribution in [0.5, 0.6) is 0 Å². The average molecular weight is 288 g/mol. The number of nitrogens with one attached hydrogen (secondary N) is 1. The minimum atomic E-state index is -3.62. The Morgan fingerprint density at radius 2 is 2.00 bits per heavy atom. The lowest BCUT2D eigenvalue weighted by atomic mass is 10.1. The van der Waals surface area contributed by atoms with Crippen LogP contribution in [-0.4, -0.2) is 43.5 Å². The Hall–Kier alpha value is -1.62. The maximum absolute atomic E-state index is 11.8. The quantitative estimate of drug-likeness (QED) is 0.590. The third-order valence-electron chi connectivity index (χ3n) is 2.92. The summed E-state index contributed by atoms with van der Waals surface area (Å²) in [5, 5.41) is 19.3. The van der Waals surface area contributed by atoms with Crippen molar-refractivity contribution in [1.82, 2.24) is 5.32 Å². The van der Waals surface area contributed by atoms with Gasteiger partial charge in [-0.3, -0.25) is 9.59 Å². The molecule has 0 bridgehead atoms. The Bertz CT molecular complexity index is 502. The fourth-order valence-electron chi connectivity index (χ4n) is 1.90. The van der Waals surface area contributed by atoms with Crippen LogP contribution in [0.25, 0.3) is 0 Å². The molecule has 1 amide bonds. The monoisotopic (exact) mass is 288 g/mol. The van der Waals surface area contributed by atoms with Crippen LogP contribution in [-0.2, 0) is 19.4 Å². The van der Waals surface area contributed by atoms with Crippen LogP contribution in [0.3, 0.4) is 0 Å². The summed E-state index contributed by atoms with van der Waals surface area (Å²) >= 11 is 0. The van der Waals surface area contributed by atoms with Crippen LogP contribution in [0.1, 0.15) is 25.7 Å². The van der Waals surface area contributed by atoms with Gasteiger partial charge in [0.1, 0.15) is 5.75 Å². The molecule has 0 saturated heterocycles.